The zero-order valence-electron chi connectivity index (χ0n) is 16.3. The van der Waals surface area contributed by atoms with Crippen LogP contribution in [0.3, 0.4) is 0 Å². The zero-order chi connectivity index (χ0) is 21.5. The number of carbonyl (C=O) groups is 1. The molecule has 2 aromatic heterocycles. The van der Waals surface area contributed by atoms with Crippen molar-refractivity contribution in [1.82, 2.24) is 19.0 Å². The van der Waals surface area contributed by atoms with E-state index in [4.69, 9.17) is 0 Å². The third-order valence-corrected chi connectivity index (χ3v) is 5.38. The van der Waals surface area contributed by atoms with E-state index in [2.05, 4.69) is 4.98 Å². The maximum atomic E-state index is 12.8. The molecule has 3 aromatic rings. The molecule has 10 heteroatoms. The van der Waals surface area contributed by atoms with Crippen LogP contribution in [0.4, 0.5) is 19.0 Å². The zero-order valence-corrected chi connectivity index (χ0v) is 16.3. The Morgan fingerprint density at radius 3 is 2.30 bits per heavy atom. The highest BCUT2D eigenvalue weighted by atomic mass is 19.4. The summed E-state index contributed by atoms with van der Waals surface area (Å²) in [6.45, 7) is 1.66. The van der Waals surface area contributed by atoms with Gasteiger partial charge in [0, 0.05) is 39.4 Å². The van der Waals surface area contributed by atoms with Gasteiger partial charge in [0.2, 0.25) is 5.91 Å². The van der Waals surface area contributed by atoms with Gasteiger partial charge in [-0.1, -0.05) is 12.1 Å². The van der Waals surface area contributed by atoms with Crippen molar-refractivity contribution in [3.8, 4) is 0 Å². The van der Waals surface area contributed by atoms with Crippen molar-refractivity contribution in [2.24, 2.45) is 7.05 Å². The van der Waals surface area contributed by atoms with Crippen LogP contribution >= 0.6 is 0 Å². The maximum absolute atomic E-state index is 12.8. The molecule has 1 fully saturated rings. The minimum Gasteiger partial charge on any atom is -0.353 e. The van der Waals surface area contributed by atoms with Crippen LogP contribution in [0.1, 0.15) is 5.56 Å². The number of anilines is 1. The van der Waals surface area contributed by atoms with E-state index in [1.807, 2.05) is 23.1 Å². The molecule has 0 aliphatic carbocycles. The van der Waals surface area contributed by atoms with Gasteiger partial charge in [-0.25, -0.2) is 9.78 Å². The van der Waals surface area contributed by atoms with E-state index in [0.717, 1.165) is 17.8 Å². The Bertz CT molecular complexity index is 1130. The van der Waals surface area contributed by atoms with E-state index >= 15 is 0 Å². The molecule has 1 aliphatic rings. The lowest BCUT2D eigenvalue weighted by molar-refractivity contribution is -0.138. The average Bonchev–Trinajstić information content (AvgIpc) is 2.98. The fourth-order valence-electron chi connectivity index (χ4n) is 3.68. The molecule has 0 bridgehead atoms. The van der Waals surface area contributed by atoms with E-state index in [-0.39, 0.29) is 18.1 Å². The molecule has 3 heterocycles. The lowest BCUT2D eigenvalue weighted by Gasteiger charge is -2.35. The highest BCUT2D eigenvalue weighted by molar-refractivity contribution is 5.81. The standard InChI is InChI=1S/C20H20F3N5O2/c1-25-15-4-2-3-5-16(15)28(19(25)30)13-18(29)27-10-8-26(9-11-27)17-7-6-14(12-24-17)20(21,22)23/h2-7,12H,8-11,13H2,1H3. The molecular formula is C20H20F3N5O2. The molecule has 0 radical (unpaired) electrons. The summed E-state index contributed by atoms with van der Waals surface area (Å²) in [4.78, 5) is 32.7. The van der Waals surface area contributed by atoms with Crippen molar-refractivity contribution in [3.05, 3.63) is 58.6 Å². The van der Waals surface area contributed by atoms with Gasteiger partial charge in [-0.05, 0) is 24.3 Å². The van der Waals surface area contributed by atoms with Gasteiger partial charge in [0.1, 0.15) is 12.4 Å². The third-order valence-electron chi connectivity index (χ3n) is 5.38. The number of aryl methyl sites for hydroxylation is 1. The third kappa shape index (κ3) is 3.64. The van der Waals surface area contributed by atoms with Crippen molar-refractivity contribution < 1.29 is 18.0 Å². The molecule has 0 unspecified atom stereocenters. The van der Waals surface area contributed by atoms with Crippen LogP contribution in [0.25, 0.3) is 11.0 Å². The number of imidazole rings is 1. The van der Waals surface area contributed by atoms with E-state index < -0.39 is 11.7 Å². The normalized spacial score (nSPS) is 15.1. The minimum atomic E-state index is -4.42. The Labute approximate surface area is 169 Å². The Kier molecular flexibility index (Phi) is 5.00. The van der Waals surface area contributed by atoms with E-state index in [9.17, 15) is 22.8 Å². The van der Waals surface area contributed by atoms with Crippen molar-refractivity contribution >= 4 is 22.8 Å². The second-order valence-electron chi connectivity index (χ2n) is 7.19. The van der Waals surface area contributed by atoms with Crippen LogP contribution in [0, 0.1) is 0 Å². The molecule has 1 aliphatic heterocycles. The lowest BCUT2D eigenvalue weighted by Crippen LogP contribution is -2.50. The summed E-state index contributed by atoms with van der Waals surface area (Å²) in [5, 5.41) is 0. The number of para-hydroxylation sites is 2. The van der Waals surface area contributed by atoms with Gasteiger partial charge in [0.15, 0.2) is 0 Å². The first-order valence-electron chi connectivity index (χ1n) is 9.46. The Morgan fingerprint density at radius 1 is 1.03 bits per heavy atom. The summed E-state index contributed by atoms with van der Waals surface area (Å²) in [6, 6.07) is 9.63. The lowest BCUT2D eigenvalue weighted by atomic mass is 10.2. The number of aromatic nitrogens is 3. The van der Waals surface area contributed by atoms with Crippen LogP contribution in [0.15, 0.2) is 47.4 Å². The summed E-state index contributed by atoms with van der Waals surface area (Å²) in [5.74, 6) is 0.272. The SMILES string of the molecule is Cn1c(=O)n(CC(=O)N2CCN(c3ccc(C(F)(F)F)cn3)CC2)c2ccccc21. The second-order valence-corrected chi connectivity index (χ2v) is 7.19. The molecule has 1 aromatic carbocycles. The predicted molar refractivity (Wildman–Crippen MR) is 105 cm³/mol. The number of hydrogen-bond donors (Lipinski definition) is 0. The number of amides is 1. The quantitative estimate of drug-likeness (QED) is 0.653. The number of benzene rings is 1. The summed E-state index contributed by atoms with van der Waals surface area (Å²) >= 11 is 0. The number of alkyl halides is 3. The monoisotopic (exact) mass is 419 g/mol. The van der Waals surface area contributed by atoms with Gasteiger partial charge in [0.05, 0.1) is 16.6 Å². The fraction of sp³-hybridized carbons (Fsp3) is 0.350. The number of nitrogens with zero attached hydrogens (tertiary/aromatic N) is 5. The van der Waals surface area contributed by atoms with Crippen LogP contribution < -0.4 is 10.6 Å². The molecule has 7 nitrogen and oxygen atoms in total. The Balaban J connectivity index is 1.42. The van der Waals surface area contributed by atoms with Gasteiger partial charge >= 0.3 is 11.9 Å². The highest BCUT2D eigenvalue weighted by Gasteiger charge is 2.31. The van der Waals surface area contributed by atoms with Gasteiger partial charge in [-0.15, -0.1) is 0 Å². The maximum Gasteiger partial charge on any atom is 0.417 e. The molecule has 1 saturated heterocycles. The molecule has 158 valence electrons. The molecule has 1 amide bonds. The first-order chi connectivity index (χ1) is 14.3. The van der Waals surface area contributed by atoms with Crippen LogP contribution in [0.5, 0.6) is 0 Å². The first kappa shape index (κ1) is 20.0. The van der Waals surface area contributed by atoms with Gasteiger partial charge in [-0.2, -0.15) is 13.2 Å². The number of hydrogen-bond acceptors (Lipinski definition) is 4. The summed E-state index contributed by atoms with van der Waals surface area (Å²) in [7, 11) is 1.67. The smallest absolute Gasteiger partial charge is 0.353 e. The topological polar surface area (TPSA) is 63.4 Å². The van der Waals surface area contributed by atoms with Gasteiger partial charge < -0.3 is 9.80 Å². The molecule has 4 rings (SSSR count). The number of piperazine rings is 1. The number of fused-ring (bicyclic) bond motifs is 1. The Morgan fingerprint density at radius 2 is 1.70 bits per heavy atom. The van der Waals surface area contributed by atoms with Crippen LogP contribution in [-0.4, -0.2) is 51.1 Å². The second kappa shape index (κ2) is 7.51. The average molecular weight is 419 g/mol. The Hall–Kier alpha value is -3.30. The van der Waals surface area contributed by atoms with E-state index in [1.165, 1.54) is 15.2 Å². The van der Waals surface area contributed by atoms with E-state index in [0.29, 0.717) is 37.5 Å². The van der Waals surface area contributed by atoms with Crippen LogP contribution in [0.2, 0.25) is 0 Å². The molecule has 0 saturated carbocycles. The summed E-state index contributed by atoms with van der Waals surface area (Å²) in [5.41, 5.74) is 0.414. The number of carbonyl (C=O) groups excluding carboxylic acids is 1. The van der Waals surface area contributed by atoms with E-state index in [1.54, 1.807) is 18.0 Å². The van der Waals surface area contributed by atoms with Gasteiger partial charge in [0.25, 0.3) is 0 Å². The number of halogens is 3. The fourth-order valence-corrected chi connectivity index (χ4v) is 3.68. The van der Waals surface area contributed by atoms with Crippen molar-refractivity contribution in [2.75, 3.05) is 31.1 Å². The van der Waals surface area contributed by atoms with Gasteiger partial charge in [-0.3, -0.25) is 13.9 Å². The van der Waals surface area contributed by atoms with Crippen molar-refractivity contribution in [3.63, 3.8) is 0 Å². The minimum absolute atomic E-state index is 0.0568. The predicted octanol–water partition coefficient (Wildman–Crippen LogP) is 2.10. The molecular weight excluding hydrogens is 399 g/mol. The summed E-state index contributed by atoms with van der Waals surface area (Å²) < 4.78 is 41.0. The summed E-state index contributed by atoms with van der Waals surface area (Å²) in [6.07, 6.45) is -3.60. The first-order valence-corrected chi connectivity index (χ1v) is 9.46. The molecule has 30 heavy (non-hydrogen) atoms. The van der Waals surface area contributed by atoms with Crippen LogP contribution in [-0.2, 0) is 24.6 Å². The van der Waals surface area contributed by atoms with Crippen molar-refractivity contribution in [1.29, 1.82) is 0 Å². The number of rotatable bonds is 3. The van der Waals surface area contributed by atoms with Crippen molar-refractivity contribution in [2.45, 2.75) is 12.7 Å². The highest BCUT2D eigenvalue weighted by Crippen LogP contribution is 2.29. The molecule has 0 atom stereocenters. The number of pyridine rings is 1. The molecule has 0 spiro atoms. The largest absolute Gasteiger partial charge is 0.417 e. The molecule has 0 N–H and O–H groups in total.